The van der Waals surface area contributed by atoms with E-state index in [1.54, 1.807) is 0 Å². The van der Waals surface area contributed by atoms with Crippen LogP contribution in [-0.2, 0) is 11.2 Å². The van der Waals surface area contributed by atoms with Gasteiger partial charge in [0.1, 0.15) is 0 Å². The fraction of sp³-hybridized carbons (Fsp3) is 0.364. The van der Waals surface area contributed by atoms with Crippen LogP contribution in [0.3, 0.4) is 0 Å². The molecule has 0 radical (unpaired) electrons. The quantitative estimate of drug-likeness (QED) is 0.662. The van der Waals surface area contributed by atoms with E-state index < -0.39 is 17.1 Å². The lowest BCUT2D eigenvalue weighted by Crippen LogP contribution is -2.28. The van der Waals surface area contributed by atoms with Gasteiger partial charge in [0.15, 0.2) is 0 Å². The van der Waals surface area contributed by atoms with Crippen LogP contribution in [-0.4, -0.2) is 28.0 Å². The van der Waals surface area contributed by atoms with E-state index in [1.165, 1.54) is 0 Å². The zero-order valence-electron chi connectivity index (χ0n) is 8.21. The van der Waals surface area contributed by atoms with E-state index in [4.69, 9.17) is 10.2 Å². The summed E-state index contributed by atoms with van der Waals surface area (Å²) < 4.78 is 0. The van der Waals surface area contributed by atoms with Crippen LogP contribution in [0.25, 0.3) is 0 Å². The van der Waals surface area contributed by atoms with E-state index in [0.29, 0.717) is 6.42 Å². The first kappa shape index (κ1) is 12.1. The molecule has 1 aromatic carbocycles. The summed E-state index contributed by atoms with van der Waals surface area (Å²) in [4.78, 5) is 10.9. The number of hydrogen-bond acceptors (Lipinski definition) is 3. The van der Waals surface area contributed by atoms with E-state index in [2.05, 4.69) is 12.6 Å². The standard InChI is InChI=1S/C11H14O3S/c12-7-10(15)9(11(13)14)6-8-4-2-1-3-5-8/h1-5,9-10,12,15H,6-7H2,(H,13,14)/t9-,10-/m1/s1. The monoisotopic (exact) mass is 226 g/mol. The van der Waals surface area contributed by atoms with Crippen molar-refractivity contribution in [3.8, 4) is 0 Å². The minimum Gasteiger partial charge on any atom is -0.481 e. The normalized spacial score (nSPS) is 14.5. The molecule has 0 bridgehead atoms. The number of aliphatic hydroxyl groups is 1. The van der Waals surface area contributed by atoms with Gasteiger partial charge in [-0.2, -0.15) is 12.6 Å². The molecule has 0 fully saturated rings. The Balaban J connectivity index is 2.71. The molecule has 0 aromatic heterocycles. The first-order valence-electron chi connectivity index (χ1n) is 4.70. The van der Waals surface area contributed by atoms with Gasteiger partial charge in [0.05, 0.1) is 12.5 Å². The number of aliphatic hydroxyl groups excluding tert-OH is 1. The molecule has 0 saturated heterocycles. The molecule has 3 nitrogen and oxygen atoms in total. The average Bonchev–Trinajstić information content (AvgIpc) is 2.26. The molecule has 0 aliphatic heterocycles. The summed E-state index contributed by atoms with van der Waals surface area (Å²) in [7, 11) is 0. The average molecular weight is 226 g/mol. The van der Waals surface area contributed by atoms with Gasteiger partial charge in [0.2, 0.25) is 0 Å². The maximum atomic E-state index is 10.9. The SMILES string of the molecule is O=C(O)[C@H](Cc1ccccc1)[C@H](S)CO. The molecule has 0 aliphatic carbocycles. The van der Waals surface area contributed by atoms with Crippen molar-refractivity contribution in [3.05, 3.63) is 35.9 Å². The maximum Gasteiger partial charge on any atom is 0.308 e. The lowest BCUT2D eigenvalue weighted by Gasteiger charge is -2.17. The van der Waals surface area contributed by atoms with E-state index in [1.807, 2.05) is 30.3 Å². The third-order valence-corrected chi connectivity index (χ3v) is 2.79. The minimum absolute atomic E-state index is 0.229. The Morgan fingerprint density at radius 3 is 2.40 bits per heavy atom. The molecule has 0 saturated carbocycles. The van der Waals surface area contributed by atoms with Crippen LogP contribution < -0.4 is 0 Å². The number of rotatable bonds is 5. The molecule has 0 spiro atoms. The van der Waals surface area contributed by atoms with Crippen molar-refractivity contribution in [1.29, 1.82) is 0 Å². The Kier molecular flexibility index (Phi) is 4.65. The van der Waals surface area contributed by atoms with Gasteiger partial charge in [-0.3, -0.25) is 4.79 Å². The van der Waals surface area contributed by atoms with E-state index in [-0.39, 0.29) is 6.61 Å². The van der Waals surface area contributed by atoms with Gasteiger partial charge in [-0.15, -0.1) is 0 Å². The van der Waals surface area contributed by atoms with Gasteiger partial charge >= 0.3 is 5.97 Å². The Morgan fingerprint density at radius 1 is 1.33 bits per heavy atom. The molecule has 15 heavy (non-hydrogen) atoms. The molecule has 4 heteroatoms. The number of carboxylic acids is 1. The number of carboxylic acid groups (broad SMARTS) is 1. The zero-order chi connectivity index (χ0) is 11.3. The number of hydrogen-bond donors (Lipinski definition) is 3. The summed E-state index contributed by atoms with van der Waals surface area (Å²) >= 11 is 4.06. The fourth-order valence-corrected chi connectivity index (χ4v) is 1.62. The van der Waals surface area contributed by atoms with Gasteiger partial charge in [-0.05, 0) is 12.0 Å². The summed E-state index contributed by atoms with van der Waals surface area (Å²) in [6, 6.07) is 9.34. The molecule has 0 amide bonds. The van der Waals surface area contributed by atoms with Crippen LogP contribution in [0.4, 0.5) is 0 Å². The lowest BCUT2D eigenvalue weighted by molar-refractivity contribution is -0.141. The van der Waals surface area contributed by atoms with Gasteiger partial charge in [-0.1, -0.05) is 30.3 Å². The zero-order valence-corrected chi connectivity index (χ0v) is 9.10. The van der Waals surface area contributed by atoms with Crippen LogP contribution in [0.15, 0.2) is 30.3 Å². The predicted molar refractivity (Wildman–Crippen MR) is 61.1 cm³/mol. The van der Waals surface area contributed by atoms with Gasteiger partial charge in [0.25, 0.3) is 0 Å². The van der Waals surface area contributed by atoms with Gasteiger partial charge in [0, 0.05) is 5.25 Å². The van der Waals surface area contributed by atoms with Crippen molar-refractivity contribution in [1.82, 2.24) is 0 Å². The molecule has 2 atom stereocenters. The highest BCUT2D eigenvalue weighted by molar-refractivity contribution is 7.81. The van der Waals surface area contributed by atoms with Gasteiger partial charge < -0.3 is 10.2 Å². The second-order valence-electron chi connectivity index (χ2n) is 3.38. The topological polar surface area (TPSA) is 57.5 Å². The molecular formula is C11H14O3S. The predicted octanol–water partition coefficient (Wildman–Crippen LogP) is 1.22. The second-order valence-corrected chi connectivity index (χ2v) is 4.05. The van der Waals surface area contributed by atoms with Crippen molar-refractivity contribution in [2.45, 2.75) is 11.7 Å². The highest BCUT2D eigenvalue weighted by Crippen LogP contribution is 2.16. The molecule has 0 aliphatic rings. The Hall–Kier alpha value is -1.00. The lowest BCUT2D eigenvalue weighted by atomic mass is 9.96. The fourth-order valence-electron chi connectivity index (χ4n) is 1.38. The Morgan fingerprint density at radius 2 is 1.93 bits per heavy atom. The van der Waals surface area contributed by atoms with E-state index in [0.717, 1.165) is 5.56 Å². The van der Waals surface area contributed by atoms with Crippen LogP contribution in [0, 0.1) is 5.92 Å². The van der Waals surface area contributed by atoms with Crippen LogP contribution in [0.2, 0.25) is 0 Å². The summed E-state index contributed by atoms with van der Waals surface area (Å²) in [5.74, 6) is -1.58. The van der Waals surface area contributed by atoms with Gasteiger partial charge in [-0.25, -0.2) is 0 Å². The maximum absolute atomic E-state index is 10.9. The highest BCUT2D eigenvalue weighted by Gasteiger charge is 2.24. The van der Waals surface area contributed by atoms with E-state index >= 15 is 0 Å². The smallest absolute Gasteiger partial charge is 0.308 e. The summed E-state index contributed by atoms with van der Waals surface area (Å²) in [5, 5.41) is 17.3. The number of carbonyl (C=O) groups is 1. The Labute approximate surface area is 94.2 Å². The molecule has 1 rings (SSSR count). The summed E-state index contributed by atoms with van der Waals surface area (Å²) in [6.07, 6.45) is 0.394. The van der Waals surface area contributed by atoms with Crippen molar-refractivity contribution >= 4 is 18.6 Å². The number of thiol groups is 1. The minimum atomic E-state index is -0.923. The first-order chi connectivity index (χ1) is 7.15. The third-order valence-electron chi connectivity index (χ3n) is 2.27. The first-order valence-corrected chi connectivity index (χ1v) is 5.22. The summed E-state index contributed by atoms with van der Waals surface area (Å²) in [6.45, 7) is -0.229. The van der Waals surface area contributed by atoms with Crippen LogP contribution in [0.5, 0.6) is 0 Å². The molecular weight excluding hydrogens is 212 g/mol. The van der Waals surface area contributed by atoms with Crippen molar-refractivity contribution in [2.24, 2.45) is 5.92 Å². The van der Waals surface area contributed by atoms with Crippen LogP contribution >= 0.6 is 12.6 Å². The highest BCUT2D eigenvalue weighted by atomic mass is 32.1. The molecule has 82 valence electrons. The molecule has 2 N–H and O–H groups in total. The molecule has 0 heterocycles. The number of aliphatic carboxylic acids is 1. The van der Waals surface area contributed by atoms with E-state index in [9.17, 15) is 4.79 Å². The van der Waals surface area contributed by atoms with Crippen molar-refractivity contribution < 1.29 is 15.0 Å². The third kappa shape index (κ3) is 3.57. The Bertz CT molecular complexity index is 313. The second kappa shape index (κ2) is 5.78. The summed E-state index contributed by atoms with van der Waals surface area (Å²) in [5.41, 5.74) is 0.942. The van der Waals surface area contributed by atoms with Crippen molar-refractivity contribution in [3.63, 3.8) is 0 Å². The number of benzene rings is 1. The van der Waals surface area contributed by atoms with Crippen molar-refractivity contribution in [2.75, 3.05) is 6.61 Å². The van der Waals surface area contributed by atoms with Crippen LogP contribution in [0.1, 0.15) is 5.56 Å². The largest absolute Gasteiger partial charge is 0.481 e. The molecule has 0 unspecified atom stereocenters. The molecule has 1 aromatic rings.